The molecule has 0 saturated carbocycles. The minimum absolute atomic E-state index is 0.0667. The van der Waals surface area contributed by atoms with Crippen molar-refractivity contribution in [1.82, 2.24) is 0 Å². The van der Waals surface area contributed by atoms with Gasteiger partial charge in [-0.05, 0) is 42.7 Å². The second-order valence-electron chi connectivity index (χ2n) is 5.80. The second-order valence-corrected chi connectivity index (χ2v) is 6.91. The Bertz CT molecular complexity index is 803. The molecular formula is C22H21NOS. The van der Waals surface area contributed by atoms with Crippen LogP contribution in [0.15, 0.2) is 94.7 Å². The molecule has 0 saturated heterocycles. The van der Waals surface area contributed by atoms with Crippen molar-refractivity contribution in [2.24, 2.45) is 0 Å². The van der Waals surface area contributed by atoms with Crippen molar-refractivity contribution < 1.29 is 4.79 Å². The zero-order chi connectivity index (χ0) is 17.3. The molecule has 0 aromatic heterocycles. The fourth-order valence-electron chi connectivity index (χ4n) is 2.58. The van der Waals surface area contributed by atoms with Crippen LogP contribution in [0, 0.1) is 0 Å². The van der Waals surface area contributed by atoms with E-state index in [4.69, 9.17) is 0 Å². The molecule has 3 aromatic carbocycles. The average Bonchev–Trinajstić information content (AvgIpc) is 2.65. The van der Waals surface area contributed by atoms with Gasteiger partial charge in [-0.2, -0.15) is 0 Å². The highest BCUT2D eigenvalue weighted by molar-refractivity contribution is 7.99. The lowest BCUT2D eigenvalue weighted by Gasteiger charge is -2.11. The molecule has 0 spiro atoms. The Morgan fingerprint density at radius 3 is 2.20 bits per heavy atom. The molecule has 1 N–H and O–H groups in total. The maximum Gasteiger partial charge on any atom is 0.224 e. The summed E-state index contributed by atoms with van der Waals surface area (Å²) in [6.07, 6.45) is 2.30. The predicted octanol–water partition coefficient (Wildman–Crippen LogP) is 5.80. The van der Waals surface area contributed by atoms with Crippen LogP contribution in [0.1, 0.15) is 18.4 Å². The van der Waals surface area contributed by atoms with Gasteiger partial charge in [-0.3, -0.25) is 4.79 Å². The fourth-order valence-corrected chi connectivity index (χ4v) is 3.51. The maximum atomic E-state index is 12.3. The van der Waals surface area contributed by atoms with Crippen LogP contribution in [0.3, 0.4) is 0 Å². The molecule has 0 bridgehead atoms. The van der Waals surface area contributed by atoms with Crippen molar-refractivity contribution in [3.8, 4) is 0 Å². The number of amides is 1. The van der Waals surface area contributed by atoms with Gasteiger partial charge in [0.25, 0.3) is 0 Å². The van der Waals surface area contributed by atoms with E-state index in [0.29, 0.717) is 6.42 Å². The van der Waals surface area contributed by atoms with Gasteiger partial charge >= 0.3 is 0 Å². The van der Waals surface area contributed by atoms with Gasteiger partial charge in [0.05, 0.1) is 5.69 Å². The first-order chi connectivity index (χ1) is 12.3. The molecule has 25 heavy (non-hydrogen) atoms. The largest absolute Gasteiger partial charge is 0.325 e. The average molecular weight is 347 g/mol. The van der Waals surface area contributed by atoms with Gasteiger partial charge in [-0.1, -0.05) is 72.4 Å². The van der Waals surface area contributed by atoms with Crippen molar-refractivity contribution in [3.63, 3.8) is 0 Å². The van der Waals surface area contributed by atoms with E-state index in [1.54, 1.807) is 11.8 Å². The summed E-state index contributed by atoms with van der Waals surface area (Å²) in [4.78, 5) is 14.5. The van der Waals surface area contributed by atoms with Gasteiger partial charge in [0, 0.05) is 16.2 Å². The van der Waals surface area contributed by atoms with Crippen LogP contribution < -0.4 is 5.32 Å². The highest BCUT2D eigenvalue weighted by Gasteiger charge is 2.08. The molecule has 3 aromatic rings. The Morgan fingerprint density at radius 1 is 0.800 bits per heavy atom. The molecule has 126 valence electrons. The van der Waals surface area contributed by atoms with Crippen molar-refractivity contribution in [2.75, 3.05) is 5.32 Å². The summed E-state index contributed by atoms with van der Waals surface area (Å²) in [7, 11) is 0. The summed E-state index contributed by atoms with van der Waals surface area (Å²) in [5, 5.41) is 3.06. The number of carbonyl (C=O) groups is 1. The number of nitrogens with one attached hydrogen (secondary N) is 1. The highest BCUT2D eigenvalue weighted by Crippen LogP contribution is 2.33. The van der Waals surface area contributed by atoms with Crippen LogP contribution in [0.2, 0.25) is 0 Å². The van der Waals surface area contributed by atoms with Gasteiger partial charge in [0.2, 0.25) is 5.91 Å². The minimum atomic E-state index is 0.0667. The highest BCUT2D eigenvalue weighted by atomic mass is 32.2. The van der Waals surface area contributed by atoms with Crippen molar-refractivity contribution in [3.05, 3.63) is 90.5 Å². The third-order valence-corrected chi connectivity index (χ3v) is 4.93. The number of hydrogen-bond donors (Lipinski definition) is 1. The van der Waals surface area contributed by atoms with E-state index in [9.17, 15) is 4.79 Å². The first-order valence-electron chi connectivity index (χ1n) is 8.47. The first-order valence-corrected chi connectivity index (χ1v) is 9.28. The monoisotopic (exact) mass is 347 g/mol. The molecule has 0 aliphatic heterocycles. The Morgan fingerprint density at radius 2 is 1.44 bits per heavy atom. The lowest BCUT2D eigenvalue weighted by molar-refractivity contribution is -0.116. The number of aryl methyl sites for hydroxylation is 1. The van der Waals surface area contributed by atoms with E-state index in [1.165, 1.54) is 5.56 Å². The number of benzene rings is 3. The molecule has 1 amide bonds. The molecule has 0 fully saturated rings. The lowest BCUT2D eigenvalue weighted by atomic mass is 10.1. The number of para-hydroxylation sites is 1. The van der Waals surface area contributed by atoms with Gasteiger partial charge in [0.15, 0.2) is 0 Å². The molecule has 0 aliphatic carbocycles. The smallest absolute Gasteiger partial charge is 0.224 e. The van der Waals surface area contributed by atoms with E-state index in [-0.39, 0.29) is 5.91 Å². The van der Waals surface area contributed by atoms with Crippen LogP contribution in [0.4, 0.5) is 5.69 Å². The number of anilines is 1. The third-order valence-electron chi connectivity index (χ3n) is 3.84. The Kier molecular flexibility index (Phi) is 6.29. The van der Waals surface area contributed by atoms with Gasteiger partial charge in [0.1, 0.15) is 0 Å². The van der Waals surface area contributed by atoms with E-state index < -0.39 is 0 Å². The van der Waals surface area contributed by atoms with Crippen LogP contribution in [-0.2, 0) is 11.2 Å². The minimum Gasteiger partial charge on any atom is -0.325 e. The summed E-state index contributed by atoms with van der Waals surface area (Å²) < 4.78 is 0. The van der Waals surface area contributed by atoms with E-state index in [1.807, 2.05) is 60.7 Å². The normalized spacial score (nSPS) is 10.4. The molecule has 0 radical (unpaired) electrons. The Labute approximate surface area is 153 Å². The summed E-state index contributed by atoms with van der Waals surface area (Å²) in [5.74, 6) is 0.0667. The maximum absolute atomic E-state index is 12.3. The quantitative estimate of drug-likeness (QED) is 0.585. The van der Waals surface area contributed by atoms with Crippen LogP contribution in [0.5, 0.6) is 0 Å². The SMILES string of the molecule is O=C(CCCc1ccccc1)Nc1ccccc1Sc1ccccc1. The fraction of sp³-hybridized carbons (Fsp3) is 0.136. The number of hydrogen-bond acceptors (Lipinski definition) is 2. The van der Waals surface area contributed by atoms with Gasteiger partial charge in [-0.25, -0.2) is 0 Å². The molecule has 0 aliphatic rings. The summed E-state index contributed by atoms with van der Waals surface area (Å²) in [5.41, 5.74) is 2.15. The summed E-state index contributed by atoms with van der Waals surface area (Å²) in [6, 6.07) is 28.4. The first kappa shape index (κ1) is 17.3. The molecule has 3 rings (SSSR count). The topological polar surface area (TPSA) is 29.1 Å². The van der Waals surface area contributed by atoms with Crippen LogP contribution >= 0.6 is 11.8 Å². The van der Waals surface area contributed by atoms with Crippen molar-refractivity contribution in [2.45, 2.75) is 29.1 Å². The number of rotatable bonds is 7. The van der Waals surface area contributed by atoms with Gasteiger partial charge < -0.3 is 5.32 Å². The van der Waals surface area contributed by atoms with E-state index in [0.717, 1.165) is 28.3 Å². The molecule has 3 heteroatoms. The van der Waals surface area contributed by atoms with Crippen LogP contribution in [-0.4, -0.2) is 5.91 Å². The van der Waals surface area contributed by atoms with E-state index >= 15 is 0 Å². The van der Waals surface area contributed by atoms with Crippen molar-refractivity contribution in [1.29, 1.82) is 0 Å². The molecule has 0 atom stereocenters. The summed E-state index contributed by atoms with van der Waals surface area (Å²) >= 11 is 1.66. The van der Waals surface area contributed by atoms with E-state index in [2.05, 4.69) is 29.6 Å². The summed E-state index contributed by atoms with van der Waals surface area (Å²) in [6.45, 7) is 0. The Balaban J connectivity index is 1.56. The van der Waals surface area contributed by atoms with Gasteiger partial charge in [-0.15, -0.1) is 0 Å². The van der Waals surface area contributed by atoms with Crippen LogP contribution in [0.25, 0.3) is 0 Å². The lowest BCUT2D eigenvalue weighted by Crippen LogP contribution is -2.12. The molecule has 0 unspecified atom stereocenters. The van der Waals surface area contributed by atoms with Crippen molar-refractivity contribution >= 4 is 23.4 Å². The standard InChI is InChI=1S/C22H21NOS/c24-22(17-9-12-18-10-3-1-4-11-18)23-20-15-7-8-16-21(20)25-19-13-5-2-6-14-19/h1-8,10-11,13-16H,9,12,17H2,(H,23,24). The zero-order valence-corrected chi connectivity index (χ0v) is 14.8. The third kappa shape index (κ3) is 5.50. The zero-order valence-electron chi connectivity index (χ0n) is 14.0. The predicted molar refractivity (Wildman–Crippen MR) is 105 cm³/mol. The molecule has 0 heterocycles. The molecular weight excluding hydrogens is 326 g/mol. The molecule has 2 nitrogen and oxygen atoms in total. The number of carbonyl (C=O) groups excluding carboxylic acids is 1. The Hall–Kier alpha value is -2.52. The second kappa shape index (κ2) is 9.09.